The third-order valence-corrected chi connectivity index (χ3v) is 3.31. The normalized spacial score (nSPS) is 11.6. The summed E-state index contributed by atoms with van der Waals surface area (Å²) in [6, 6.07) is 11.7. The number of methoxy groups -OCH3 is 1. The number of esters is 1. The van der Waals surface area contributed by atoms with Crippen LogP contribution >= 0.6 is 0 Å². The molecule has 1 atom stereocenters. The van der Waals surface area contributed by atoms with E-state index < -0.39 is 24.6 Å². The third-order valence-electron chi connectivity index (χ3n) is 3.31. The van der Waals surface area contributed by atoms with E-state index in [0.29, 0.717) is 11.4 Å². The van der Waals surface area contributed by atoms with E-state index >= 15 is 0 Å². The molecule has 0 aliphatic heterocycles. The Morgan fingerprint density at radius 1 is 1.04 bits per heavy atom. The quantitative estimate of drug-likeness (QED) is 0.761. The Morgan fingerprint density at radius 2 is 1.73 bits per heavy atom. The Hall–Kier alpha value is -3.16. The summed E-state index contributed by atoms with van der Waals surface area (Å²) in [6.45, 7) is -1.53. The summed E-state index contributed by atoms with van der Waals surface area (Å²) in [5.41, 5.74) is 0.596. The fraction of sp³-hybridized carbons (Fsp3) is 0.222. The van der Waals surface area contributed by atoms with E-state index in [1.54, 1.807) is 24.3 Å². The van der Waals surface area contributed by atoms with Crippen LogP contribution in [0, 0.1) is 0 Å². The highest BCUT2D eigenvalue weighted by atomic mass is 19.3. The predicted molar refractivity (Wildman–Crippen MR) is 89.6 cm³/mol. The summed E-state index contributed by atoms with van der Waals surface area (Å²) in [6.07, 6.45) is -1.06. The first kappa shape index (κ1) is 19.2. The molecule has 0 unspecified atom stereocenters. The van der Waals surface area contributed by atoms with Crippen LogP contribution in [0.4, 0.5) is 14.5 Å². The lowest BCUT2D eigenvalue weighted by Gasteiger charge is -2.14. The van der Waals surface area contributed by atoms with Crippen molar-refractivity contribution in [2.24, 2.45) is 0 Å². The van der Waals surface area contributed by atoms with Crippen molar-refractivity contribution in [2.45, 2.75) is 19.6 Å². The van der Waals surface area contributed by atoms with E-state index in [1.165, 1.54) is 38.3 Å². The zero-order valence-electron chi connectivity index (χ0n) is 14.1. The molecular formula is C18H17F2NO5. The number of nitrogens with one attached hydrogen (secondary N) is 1. The Labute approximate surface area is 148 Å². The number of amides is 1. The van der Waals surface area contributed by atoms with E-state index in [4.69, 9.17) is 9.47 Å². The lowest BCUT2D eigenvalue weighted by molar-refractivity contribution is -0.123. The average molecular weight is 365 g/mol. The molecule has 0 aliphatic carbocycles. The predicted octanol–water partition coefficient (Wildman–Crippen LogP) is 3.48. The second-order valence-corrected chi connectivity index (χ2v) is 5.17. The number of benzene rings is 2. The Balaban J connectivity index is 1.94. The van der Waals surface area contributed by atoms with Crippen molar-refractivity contribution < 1.29 is 32.6 Å². The minimum absolute atomic E-state index is 0.0830. The van der Waals surface area contributed by atoms with Crippen LogP contribution in [0.1, 0.15) is 17.3 Å². The van der Waals surface area contributed by atoms with Gasteiger partial charge < -0.3 is 19.5 Å². The minimum Gasteiger partial charge on any atom is -0.497 e. The number of carbonyl (C=O) groups is 2. The molecule has 0 radical (unpaired) electrons. The van der Waals surface area contributed by atoms with Gasteiger partial charge in [-0.25, -0.2) is 4.79 Å². The van der Waals surface area contributed by atoms with Crippen LogP contribution in [0.3, 0.4) is 0 Å². The van der Waals surface area contributed by atoms with Gasteiger partial charge in [-0.3, -0.25) is 4.79 Å². The summed E-state index contributed by atoms with van der Waals surface area (Å²) in [5.74, 6) is -0.801. The third kappa shape index (κ3) is 5.44. The molecule has 0 spiro atoms. The molecule has 0 aliphatic rings. The zero-order valence-corrected chi connectivity index (χ0v) is 14.1. The van der Waals surface area contributed by atoms with Crippen molar-refractivity contribution in [3.05, 3.63) is 54.1 Å². The number of ether oxygens (including phenoxy) is 3. The van der Waals surface area contributed by atoms with E-state index in [9.17, 15) is 18.4 Å². The summed E-state index contributed by atoms with van der Waals surface area (Å²) < 4.78 is 38.5. The van der Waals surface area contributed by atoms with E-state index in [-0.39, 0.29) is 11.3 Å². The maximum absolute atomic E-state index is 12.1. The van der Waals surface area contributed by atoms with E-state index in [2.05, 4.69) is 10.1 Å². The maximum atomic E-state index is 12.1. The first-order valence-electron chi connectivity index (χ1n) is 7.60. The number of carbonyl (C=O) groups excluding carboxylic acids is 2. The van der Waals surface area contributed by atoms with Crippen molar-refractivity contribution >= 4 is 17.6 Å². The van der Waals surface area contributed by atoms with Crippen LogP contribution in [0.5, 0.6) is 11.5 Å². The van der Waals surface area contributed by atoms with Crippen LogP contribution in [0.25, 0.3) is 0 Å². The highest BCUT2D eigenvalue weighted by Crippen LogP contribution is 2.18. The fourth-order valence-electron chi connectivity index (χ4n) is 2.00. The van der Waals surface area contributed by atoms with Crippen molar-refractivity contribution in [1.29, 1.82) is 0 Å². The average Bonchev–Trinajstić information content (AvgIpc) is 2.61. The van der Waals surface area contributed by atoms with Crippen LogP contribution < -0.4 is 14.8 Å². The molecule has 2 aromatic carbocycles. The molecule has 0 fully saturated rings. The Bertz CT molecular complexity index is 764. The molecule has 1 amide bonds. The largest absolute Gasteiger partial charge is 0.497 e. The number of halogens is 2. The Kier molecular flexibility index (Phi) is 6.48. The van der Waals surface area contributed by atoms with Gasteiger partial charge in [0.05, 0.1) is 12.7 Å². The number of hydrogen-bond donors (Lipinski definition) is 1. The summed E-state index contributed by atoms with van der Waals surface area (Å²) >= 11 is 0. The molecule has 26 heavy (non-hydrogen) atoms. The number of rotatable bonds is 7. The molecule has 0 heterocycles. The highest BCUT2D eigenvalue weighted by Gasteiger charge is 2.19. The van der Waals surface area contributed by atoms with E-state index in [0.717, 1.165) is 0 Å². The first-order valence-corrected chi connectivity index (χ1v) is 7.60. The Morgan fingerprint density at radius 3 is 2.35 bits per heavy atom. The number of alkyl halides is 2. The molecular weight excluding hydrogens is 348 g/mol. The van der Waals surface area contributed by atoms with Gasteiger partial charge in [0.25, 0.3) is 5.91 Å². The fourth-order valence-corrected chi connectivity index (χ4v) is 2.00. The second-order valence-electron chi connectivity index (χ2n) is 5.17. The van der Waals surface area contributed by atoms with Gasteiger partial charge in [0.15, 0.2) is 6.10 Å². The van der Waals surface area contributed by atoms with Gasteiger partial charge in [0, 0.05) is 11.8 Å². The van der Waals surface area contributed by atoms with Crippen molar-refractivity contribution in [3.8, 4) is 11.5 Å². The van der Waals surface area contributed by atoms with Crippen LogP contribution in [0.15, 0.2) is 48.5 Å². The van der Waals surface area contributed by atoms with Gasteiger partial charge in [-0.15, -0.1) is 0 Å². The van der Waals surface area contributed by atoms with Gasteiger partial charge in [-0.2, -0.15) is 8.78 Å². The van der Waals surface area contributed by atoms with Gasteiger partial charge >= 0.3 is 12.6 Å². The summed E-state index contributed by atoms with van der Waals surface area (Å²) in [7, 11) is 1.50. The molecule has 1 N–H and O–H groups in total. The van der Waals surface area contributed by atoms with Crippen molar-refractivity contribution in [3.63, 3.8) is 0 Å². The van der Waals surface area contributed by atoms with Gasteiger partial charge in [0.2, 0.25) is 0 Å². The smallest absolute Gasteiger partial charge is 0.387 e. The van der Waals surface area contributed by atoms with Crippen molar-refractivity contribution in [2.75, 3.05) is 12.4 Å². The SMILES string of the molecule is COc1cccc(NC(=O)[C@@H](C)OC(=O)c2ccc(OC(F)F)cc2)c1. The minimum atomic E-state index is -2.95. The molecule has 0 bridgehead atoms. The molecule has 8 heteroatoms. The molecule has 0 saturated heterocycles. The monoisotopic (exact) mass is 365 g/mol. The van der Waals surface area contributed by atoms with Crippen molar-refractivity contribution in [1.82, 2.24) is 0 Å². The highest BCUT2D eigenvalue weighted by molar-refractivity contribution is 5.97. The van der Waals surface area contributed by atoms with Gasteiger partial charge in [-0.1, -0.05) is 6.07 Å². The van der Waals surface area contributed by atoms with Gasteiger partial charge in [-0.05, 0) is 43.3 Å². The lowest BCUT2D eigenvalue weighted by atomic mass is 10.2. The van der Waals surface area contributed by atoms with Crippen LogP contribution in [0.2, 0.25) is 0 Å². The van der Waals surface area contributed by atoms with Gasteiger partial charge in [0.1, 0.15) is 11.5 Å². The molecule has 2 rings (SSSR count). The van der Waals surface area contributed by atoms with Crippen LogP contribution in [-0.4, -0.2) is 31.7 Å². The van der Waals surface area contributed by atoms with E-state index in [1.807, 2.05) is 0 Å². The zero-order chi connectivity index (χ0) is 19.1. The number of hydrogen-bond acceptors (Lipinski definition) is 5. The summed E-state index contributed by atoms with van der Waals surface area (Å²) in [5, 5.41) is 2.60. The molecule has 0 saturated carbocycles. The second kappa shape index (κ2) is 8.80. The topological polar surface area (TPSA) is 73.9 Å². The van der Waals surface area contributed by atoms with Crippen LogP contribution in [-0.2, 0) is 9.53 Å². The first-order chi connectivity index (χ1) is 12.4. The standard InChI is InChI=1S/C18H17F2NO5/c1-11(16(22)21-13-4-3-5-15(10-13)24-2)25-17(23)12-6-8-14(9-7-12)26-18(19)20/h3-11,18H,1-2H3,(H,21,22)/t11-/m1/s1. The number of anilines is 1. The molecule has 138 valence electrons. The molecule has 2 aromatic rings. The molecule has 0 aromatic heterocycles. The summed E-state index contributed by atoms with van der Waals surface area (Å²) in [4.78, 5) is 24.2. The maximum Gasteiger partial charge on any atom is 0.387 e. The molecule has 6 nitrogen and oxygen atoms in total. The lowest BCUT2D eigenvalue weighted by Crippen LogP contribution is -2.30.